The molecule has 0 radical (unpaired) electrons. The van der Waals surface area contributed by atoms with Crippen LogP contribution >= 0.6 is 0 Å². The molecular formula is C11H14N6O2S. The molecule has 5 N–H and O–H groups in total. The van der Waals surface area contributed by atoms with Gasteiger partial charge in [0.25, 0.3) is 0 Å². The normalized spacial score (nSPS) is 11.6. The van der Waals surface area contributed by atoms with Crippen LogP contribution in [-0.2, 0) is 10.0 Å². The average Bonchev–Trinajstić information content (AvgIpc) is 2.31. The summed E-state index contributed by atoms with van der Waals surface area (Å²) < 4.78 is 24.7. The van der Waals surface area contributed by atoms with Crippen LogP contribution < -0.4 is 15.9 Å². The molecular weight excluding hydrogens is 280 g/mol. The van der Waals surface area contributed by atoms with E-state index in [2.05, 4.69) is 15.2 Å². The molecule has 1 aromatic carbocycles. The minimum Gasteiger partial charge on any atom is -0.382 e. The molecule has 20 heavy (non-hydrogen) atoms. The van der Waals surface area contributed by atoms with Crippen LogP contribution in [0.4, 0.5) is 11.4 Å². The number of hydrogen-bond donors (Lipinski definition) is 4. The van der Waals surface area contributed by atoms with Crippen molar-refractivity contribution in [2.24, 2.45) is 10.8 Å². The first-order valence-electron chi connectivity index (χ1n) is 5.39. The van der Waals surface area contributed by atoms with Gasteiger partial charge in [0.2, 0.25) is 15.7 Å². The van der Waals surface area contributed by atoms with Crippen molar-refractivity contribution in [3.05, 3.63) is 23.8 Å². The summed E-state index contributed by atoms with van der Waals surface area (Å²) >= 11 is 0. The Morgan fingerprint density at radius 3 is 2.60 bits per heavy atom. The van der Waals surface area contributed by atoms with Gasteiger partial charge < -0.3 is 5.73 Å². The smallest absolute Gasteiger partial charge is 0.229 e. The predicted molar refractivity (Wildman–Crippen MR) is 78.2 cm³/mol. The van der Waals surface area contributed by atoms with Gasteiger partial charge in [-0.3, -0.25) is 15.6 Å². The van der Waals surface area contributed by atoms with Crippen molar-refractivity contribution in [1.82, 2.24) is 0 Å². The highest BCUT2D eigenvalue weighted by molar-refractivity contribution is 7.92. The van der Waals surface area contributed by atoms with Crippen molar-refractivity contribution >= 4 is 32.9 Å². The molecule has 0 atom stereocenters. The molecule has 0 aromatic heterocycles. The van der Waals surface area contributed by atoms with Gasteiger partial charge in [-0.1, -0.05) is 0 Å². The van der Waals surface area contributed by atoms with Gasteiger partial charge in [-0.05, 0) is 30.7 Å². The van der Waals surface area contributed by atoms with Crippen molar-refractivity contribution in [3.63, 3.8) is 0 Å². The summed E-state index contributed by atoms with van der Waals surface area (Å²) in [6.45, 7) is 1.72. The third-order valence-corrected chi connectivity index (χ3v) is 2.77. The lowest BCUT2D eigenvalue weighted by molar-refractivity contribution is 0.607. The second-order valence-corrected chi connectivity index (χ2v) is 5.75. The maximum Gasteiger partial charge on any atom is 0.229 e. The summed E-state index contributed by atoms with van der Waals surface area (Å²) in [7, 11) is -3.34. The highest BCUT2D eigenvalue weighted by Gasteiger charge is 2.06. The minimum absolute atomic E-state index is 0.235. The predicted octanol–water partition coefficient (Wildman–Crippen LogP) is 0.594. The third kappa shape index (κ3) is 4.58. The lowest BCUT2D eigenvalue weighted by Gasteiger charge is -2.09. The molecule has 1 rings (SSSR count). The quantitative estimate of drug-likeness (QED) is 0.357. The highest BCUT2D eigenvalue weighted by Crippen LogP contribution is 2.20. The largest absolute Gasteiger partial charge is 0.382 e. The maximum atomic E-state index is 11.1. The Hall–Kier alpha value is -2.60. The molecule has 0 saturated heterocycles. The molecule has 0 heterocycles. The van der Waals surface area contributed by atoms with Gasteiger partial charge in [0.15, 0.2) is 5.84 Å². The van der Waals surface area contributed by atoms with Gasteiger partial charge in [-0.2, -0.15) is 10.4 Å². The summed E-state index contributed by atoms with van der Waals surface area (Å²) in [6, 6.07) is 6.47. The lowest BCUT2D eigenvalue weighted by atomic mass is 10.2. The number of nitrogens with one attached hydrogen (secondary N) is 3. The molecule has 106 valence electrons. The number of hydrazone groups is 1. The molecule has 0 aliphatic rings. The van der Waals surface area contributed by atoms with E-state index in [-0.39, 0.29) is 5.71 Å². The Kier molecular flexibility index (Phi) is 4.66. The van der Waals surface area contributed by atoms with Gasteiger partial charge in [0.05, 0.1) is 17.6 Å². The Morgan fingerprint density at radius 1 is 1.50 bits per heavy atom. The van der Waals surface area contributed by atoms with Crippen LogP contribution in [0.2, 0.25) is 0 Å². The minimum atomic E-state index is -3.34. The number of anilines is 2. The summed E-state index contributed by atoms with van der Waals surface area (Å²) in [4.78, 5) is 0. The molecule has 0 bridgehead atoms. The summed E-state index contributed by atoms with van der Waals surface area (Å²) in [5.41, 5.74) is 9.16. The molecule has 0 aliphatic heterocycles. The zero-order chi connectivity index (χ0) is 15.3. The first-order chi connectivity index (χ1) is 9.23. The number of nitriles is 1. The van der Waals surface area contributed by atoms with Crippen LogP contribution in [0.25, 0.3) is 0 Å². The van der Waals surface area contributed by atoms with Crippen molar-refractivity contribution in [1.29, 1.82) is 10.7 Å². The van der Waals surface area contributed by atoms with E-state index in [1.807, 2.05) is 0 Å². The fraction of sp³-hybridized carbons (Fsp3) is 0.182. The molecule has 1 aromatic rings. The van der Waals surface area contributed by atoms with Crippen LogP contribution in [0.15, 0.2) is 23.3 Å². The first kappa shape index (κ1) is 15.5. The standard InChI is InChI=1S/C11H14N6O2S/c1-7-5-8(15-16-10(6-12)11(13)14)3-4-9(7)17-20(2,18)19/h3-5,15,17H,1-2H3,(H3,13,14)/b16-10+. The molecule has 0 amide bonds. The number of benzene rings is 1. The van der Waals surface area contributed by atoms with Crippen molar-refractivity contribution in [2.45, 2.75) is 6.92 Å². The van der Waals surface area contributed by atoms with Crippen LogP contribution in [0.3, 0.4) is 0 Å². The zero-order valence-corrected chi connectivity index (χ0v) is 11.7. The summed E-state index contributed by atoms with van der Waals surface area (Å²) in [6.07, 6.45) is 1.06. The van der Waals surface area contributed by atoms with E-state index in [0.717, 1.165) is 6.26 Å². The number of nitrogens with two attached hydrogens (primary N) is 1. The third-order valence-electron chi connectivity index (χ3n) is 2.18. The van der Waals surface area contributed by atoms with Gasteiger partial charge in [0, 0.05) is 0 Å². The van der Waals surface area contributed by atoms with E-state index in [9.17, 15) is 8.42 Å². The summed E-state index contributed by atoms with van der Waals surface area (Å²) in [5, 5.41) is 19.5. The van der Waals surface area contributed by atoms with Crippen molar-refractivity contribution in [2.75, 3.05) is 16.4 Å². The number of hydrogen-bond acceptors (Lipinski definition) is 6. The van der Waals surface area contributed by atoms with E-state index in [1.165, 1.54) is 0 Å². The molecule has 0 spiro atoms. The number of rotatable bonds is 5. The number of sulfonamides is 1. The monoisotopic (exact) mass is 294 g/mol. The van der Waals surface area contributed by atoms with Gasteiger partial charge in [-0.25, -0.2) is 8.42 Å². The van der Waals surface area contributed by atoms with Gasteiger partial charge in [-0.15, -0.1) is 0 Å². The van der Waals surface area contributed by atoms with E-state index >= 15 is 0 Å². The van der Waals surface area contributed by atoms with Crippen LogP contribution in [0, 0.1) is 23.7 Å². The SMILES string of the molecule is Cc1cc(N/N=C(\C#N)C(=N)N)ccc1NS(C)(=O)=O. The fourth-order valence-corrected chi connectivity index (χ4v) is 1.94. The molecule has 9 heteroatoms. The first-order valence-corrected chi connectivity index (χ1v) is 7.28. The van der Waals surface area contributed by atoms with E-state index in [1.54, 1.807) is 31.2 Å². The lowest BCUT2D eigenvalue weighted by Crippen LogP contribution is -2.21. The second kappa shape index (κ2) is 6.03. The molecule has 0 fully saturated rings. The van der Waals surface area contributed by atoms with Crippen molar-refractivity contribution < 1.29 is 8.42 Å². The maximum absolute atomic E-state index is 11.1. The second-order valence-electron chi connectivity index (χ2n) is 4.00. The van der Waals surface area contributed by atoms with E-state index < -0.39 is 15.9 Å². The Morgan fingerprint density at radius 2 is 2.15 bits per heavy atom. The van der Waals surface area contributed by atoms with Crippen LogP contribution in [-0.4, -0.2) is 26.2 Å². The van der Waals surface area contributed by atoms with Crippen molar-refractivity contribution in [3.8, 4) is 6.07 Å². The summed E-state index contributed by atoms with van der Waals surface area (Å²) in [5.74, 6) is -0.438. The van der Waals surface area contributed by atoms with E-state index in [4.69, 9.17) is 16.4 Å². The average molecular weight is 294 g/mol. The molecule has 8 nitrogen and oxygen atoms in total. The fourth-order valence-electron chi connectivity index (χ4n) is 1.31. The highest BCUT2D eigenvalue weighted by atomic mass is 32.2. The number of nitrogens with zero attached hydrogens (tertiary/aromatic N) is 2. The Labute approximate surface area is 116 Å². The molecule has 0 unspecified atom stereocenters. The zero-order valence-electron chi connectivity index (χ0n) is 10.9. The van der Waals surface area contributed by atoms with Gasteiger partial charge in [0.1, 0.15) is 6.07 Å². The van der Waals surface area contributed by atoms with E-state index in [0.29, 0.717) is 16.9 Å². The number of amidine groups is 1. The Balaban J connectivity index is 2.94. The molecule has 0 aliphatic carbocycles. The van der Waals surface area contributed by atoms with Crippen LogP contribution in [0.1, 0.15) is 5.56 Å². The Bertz CT molecular complexity index is 702. The van der Waals surface area contributed by atoms with Gasteiger partial charge >= 0.3 is 0 Å². The molecule has 0 saturated carbocycles. The topological polar surface area (TPSA) is 144 Å². The van der Waals surface area contributed by atoms with Crippen LogP contribution in [0.5, 0.6) is 0 Å². The number of aryl methyl sites for hydroxylation is 1.